The van der Waals surface area contributed by atoms with Gasteiger partial charge in [0.15, 0.2) is 17.7 Å². The monoisotopic (exact) mass is 297 g/mol. The quantitative estimate of drug-likeness (QED) is 0.808. The molecule has 0 aliphatic rings. The van der Waals surface area contributed by atoms with Gasteiger partial charge < -0.3 is 4.74 Å². The van der Waals surface area contributed by atoms with Crippen LogP contribution < -0.4 is 4.74 Å². The number of hydrogen-bond acceptors (Lipinski definition) is 3. The Bertz CT molecular complexity index is 649. The Labute approximate surface area is 119 Å². The van der Waals surface area contributed by atoms with Gasteiger partial charge in [0.1, 0.15) is 5.75 Å². The lowest BCUT2D eigenvalue weighted by molar-refractivity contribution is 0.0817. The highest BCUT2D eigenvalue weighted by molar-refractivity contribution is 6.30. The molecule has 0 fully saturated rings. The highest BCUT2D eigenvalue weighted by atomic mass is 35.5. The summed E-state index contributed by atoms with van der Waals surface area (Å²) in [5.74, 6) is -2.23. The fraction of sp³-hybridized carbons (Fsp3) is 0.143. The lowest BCUT2D eigenvalue weighted by atomic mass is 10.1. The molecule has 1 aromatic carbocycles. The van der Waals surface area contributed by atoms with Gasteiger partial charge >= 0.3 is 0 Å². The molecule has 2 rings (SSSR count). The average Bonchev–Trinajstić information content (AvgIpc) is 2.41. The third-order valence-corrected chi connectivity index (χ3v) is 2.77. The van der Waals surface area contributed by atoms with Crippen LogP contribution in [0.4, 0.5) is 8.78 Å². The highest BCUT2D eigenvalue weighted by Crippen LogP contribution is 2.18. The lowest BCUT2D eigenvalue weighted by Gasteiger charge is -2.13. The largest absolute Gasteiger partial charge is 0.481 e. The molecule has 0 aliphatic heterocycles. The zero-order valence-electron chi connectivity index (χ0n) is 10.4. The number of halogens is 3. The van der Waals surface area contributed by atoms with Crippen molar-refractivity contribution in [3.8, 4) is 5.75 Å². The van der Waals surface area contributed by atoms with E-state index in [-0.39, 0.29) is 5.56 Å². The first-order chi connectivity index (χ1) is 9.47. The van der Waals surface area contributed by atoms with Gasteiger partial charge in [-0.2, -0.15) is 0 Å². The van der Waals surface area contributed by atoms with Crippen LogP contribution in [0.2, 0.25) is 5.02 Å². The van der Waals surface area contributed by atoms with E-state index < -0.39 is 23.5 Å². The smallest absolute Gasteiger partial charge is 0.203 e. The summed E-state index contributed by atoms with van der Waals surface area (Å²) in [6.45, 7) is 1.50. The fourth-order valence-corrected chi connectivity index (χ4v) is 1.76. The van der Waals surface area contributed by atoms with Crippen molar-refractivity contribution in [1.82, 2.24) is 4.98 Å². The number of nitrogens with zero attached hydrogens (tertiary/aromatic N) is 1. The van der Waals surface area contributed by atoms with Gasteiger partial charge in [-0.15, -0.1) is 0 Å². The van der Waals surface area contributed by atoms with Gasteiger partial charge in [-0.3, -0.25) is 9.78 Å². The SMILES string of the molecule is CC(Oc1cncc(Cl)c1)C(=O)c1ccc(F)c(F)c1. The summed E-state index contributed by atoms with van der Waals surface area (Å²) in [5, 5.41) is 0.370. The summed E-state index contributed by atoms with van der Waals surface area (Å²) in [7, 11) is 0. The van der Waals surface area contributed by atoms with Crippen LogP contribution in [0.3, 0.4) is 0 Å². The number of rotatable bonds is 4. The van der Waals surface area contributed by atoms with Crippen LogP contribution in [-0.4, -0.2) is 16.9 Å². The van der Waals surface area contributed by atoms with Crippen molar-refractivity contribution in [2.45, 2.75) is 13.0 Å². The van der Waals surface area contributed by atoms with Gasteiger partial charge in [0.05, 0.1) is 11.2 Å². The van der Waals surface area contributed by atoms with Gasteiger partial charge in [-0.1, -0.05) is 11.6 Å². The number of carbonyl (C=O) groups excluding carboxylic acids is 1. The Balaban J connectivity index is 2.14. The summed E-state index contributed by atoms with van der Waals surface area (Å²) < 4.78 is 31.3. The van der Waals surface area contributed by atoms with Crippen molar-refractivity contribution in [2.24, 2.45) is 0 Å². The standard InChI is InChI=1S/C14H10ClF2NO2/c1-8(20-11-5-10(15)6-18-7-11)14(19)9-2-3-12(16)13(17)4-9/h2-8H,1H3. The molecular formula is C14H10ClF2NO2. The molecule has 0 saturated heterocycles. The number of aromatic nitrogens is 1. The van der Waals surface area contributed by atoms with Gasteiger partial charge in [-0.25, -0.2) is 8.78 Å². The second-order valence-electron chi connectivity index (χ2n) is 4.09. The van der Waals surface area contributed by atoms with E-state index >= 15 is 0 Å². The van der Waals surface area contributed by atoms with Crippen molar-refractivity contribution < 1.29 is 18.3 Å². The van der Waals surface area contributed by atoms with Crippen molar-refractivity contribution in [1.29, 1.82) is 0 Å². The molecule has 0 saturated carbocycles. The molecule has 1 atom stereocenters. The minimum atomic E-state index is -1.08. The van der Waals surface area contributed by atoms with Gasteiger partial charge in [-0.05, 0) is 25.1 Å². The Morgan fingerprint density at radius 3 is 2.65 bits per heavy atom. The Morgan fingerprint density at radius 2 is 2.00 bits per heavy atom. The molecule has 2 aromatic rings. The van der Waals surface area contributed by atoms with E-state index in [2.05, 4.69) is 4.98 Å². The molecule has 1 unspecified atom stereocenters. The van der Waals surface area contributed by atoms with Crippen molar-refractivity contribution in [3.63, 3.8) is 0 Å². The van der Waals surface area contributed by atoms with Crippen LogP contribution in [0.1, 0.15) is 17.3 Å². The molecule has 1 aromatic heterocycles. The Morgan fingerprint density at radius 1 is 1.25 bits per heavy atom. The first-order valence-electron chi connectivity index (χ1n) is 5.74. The highest BCUT2D eigenvalue weighted by Gasteiger charge is 2.18. The van der Waals surface area contributed by atoms with Crippen LogP contribution in [0, 0.1) is 11.6 Å². The van der Waals surface area contributed by atoms with Crippen LogP contribution in [0.5, 0.6) is 5.75 Å². The van der Waals surface area contributed by atoms with Gasteiger partial charge in [0.25, 0.3) is 0 Å². The minimum absolute atomic E-state index is 0.0337. The third-order valence-electron chi connectivity index (χ3n) is 2.57. The molecule has 0 radical (unpaired) electrons. The summed E-state index contributed by atoms with van der Waals surface area (Å²) in [4.78, 5) is 15.8. The second-order valence-corrected chi connectivity index (χ2v) is 4.53. The molecule has 0 amide bonds. The number of benzene rings is 1. The number of carbonyl (C=O) groups is 1. The number of ketones is 1. The normalized spacial score (nSPS) is 12.0. The maximum absolute atomic E-state index is 13.1. The van der Waals surface area contributed by atoms with E-state index in [1.165, 1.54) is 31.5 Å². The third kappa shape index (κ3) is 3.30. The Kier molecular flexibility index (Phi) is 4.29. The van der Waals surface area contributed by atoms with E-state index in [4.69, 9.17) is 16.3 Å². The molecule has 6 heteroatoms. The van der Waals surface area contributed by atoms with Crippen molar-refractivity contribution in [2.75, 3.05) is 0 Å². The Hall–Kier alpha value is -2.01. The average molecular weight is 298 g/mol. The number of hydrogen-bond donors (Lipinski definition) is 0. The first kappa shape index (κ1) is 14.4. The molecule has 0 bridgehead atoms. The van der Waals surface area contributed by atoms with Crippen molar-refractivity contribution >= 4 is 17.4 Å². The van der Waals surface area contributed by atoms with E-state index in [1.807, 2.05) is 0 Å². The number of ether oxygens (including phenoxy) is 1. The summed E-state index contributed by atoms with van der Waals surface area (Å²) in [6, 6.07) is 4.45. The summed E-state index contributed by atoms with van der Waals surface area (Å²) in [6.07, 6.45) is 1.96. The maximum atomic E-state index is 13.1. The molecule has 0 spiro atoms. The van der Waals surface area contributed by atoms with E-state index in [0.29, 0.717) is 10.8 Å². The van der Waals surface area contributed by atoms with E-state index in [1.54, 1.807) is 0 Å². The molecule has 0 N–H and O–H groups in total. The van der Waals surface area contributed by atoms with Gasteiger partial charge in [0.2, 0.25) is 5.78 Å². The second kappa shape index (κ2) is 5.96. The first-order valence-corrected chi connectivity index (χ1v) is 6.11. The van der Waals surface area contributed by atoms with Crippen LogP contribution in [0.15, 0.2) is 36.7 Å². The fourth-order valence-electron chi connectivity index (χ4n) is 1.60. The van der Waals surface area contributed by atoms with Crippen LogP contribution in [-0.2, 0) is 0 Å². The van der Waals surface area contributed by atoms with Crippen LogP contribution in [0.25, 0.3) is 0 Å². The van der Waals surface area contributed by atoms with Crippen molar-refractivity contribution in [3.05, 3.63) is 58.9 Å². The van der Waals surface area contributed by atoms with E-state index in [0.717, 1.165) is 12.1 Å². The number of Topliss-reactive ketones (excluding diaryl/α,β-unsaturated/α-hetero) is 1. The summed E-state index contributed by atoms with van der Waals surface area (Å²) >= 11 is 5.74. The number of pyridine rings is 1. The zero-order chi connectivity index (χ0) is 14.7. The molecule has 104 valence electrons. The predicted octanol–water partition coefficient (Wildman–Crippen LogP) is 3.66. The van der Waals surface area contributed by atoms with Crippen LogP contribution >= 0.6 is 11.6 Å². The molecule has 0 aliphatic carbocycles. The predicted molar refractivity (Wildman–Crippen MR) is 70.0 cm³/mol. The van der Waals surface area contributed by atoms with Gasteiger partial charge in [0, 0.05) is 17.8 Å². The topological polar surface area (TPSA) is 39.2 Å². The minimum Gasteiger partial charge on any atom is -0.481 e. The van der Waals surface area contributed by atoms with E-state index in [9.17, 15) is 13.6 Å². The summed E-state index contributed by atoms with van der Waals surface area (Å²) in [5.41, 5.74) is 0.0337. The maximum Gasteiger partial charge on any atom is 0.203 e. The zero-order valence-corrected chi connectivity index (χ0v) is 11.2. The molecule has 3 nitrogen and oxygen atoms in total. The molecular weight excluding hydrogens is 288 g/mol. The molecule has 1 heterocycles. The lowest BCUT2D eigenvalue weighted by Crippen LogP contribution is -2.24. The molecule has 20 heavy (non-hydrogen) atoms.